The van der Waals surface area contributed by atoms with Crippen LogP contribution in [0.5, 0.6) is 0 Å². The summed E-state index contributed by atoms with van der Waals surface area (Å²) in [4.78, 5) is 14.6. The molecule has 0 unspecified atom stereocenters. The Morgan fingerprint density at radius 3 is 2.35 bits per heavy atom. The number of carboxylic acids is 1. The number of rotatable bonds is 10. The molecule has 0 aliphatic rings. The molecular formula is C23H23F3N6O2. The third-order valence-electron chi connectivity index (χ3n) is 5.61. The highest BCUT2D eigenvalue weighted by molar-refractivity contribution is 5.96. The molecule has 0 aliphatic heterocycles. The van der Waals surface area contributed by atoms with Gasteiger partial charge in [-0.2, -0.15) is 18.4 Å². The summed E-state index contributed by atoms with van der Waals surface area (Å²) in [5, 5.41) is 22.7. The molecule has 0 fully saturated rings. The molecule has 4 aromatic rings. The van der Waals surface area contributed by atoms with E-state index in [1.54, 1.807) is 42.5 Å². The lowest BCUT2D eigenvalue weighted by Gasteiger charge is -2.11. The van der Waals surface area contributed by atoms with Gasteiger partial charge in [-0.15, -0.1) is 10.2 Å². The third kappa shape index (κ3) is 5.08. The number of hydrogen-bond donors (Lipinski definition) is 2. The minimum Gasteiger partial charge on any atom is -0.481 e. The molecule has 0 bridgehead atoms. The lowest BCUT2D eigenvalue weighted by Crippen LogP contribution is -2.15. The van der Waals surface area contributed by atoms with Crippen LogP contribution in [0, 0.1) is 0 Å². The van der Waals surface area contributed by atoms with Crippen LogP contribution in [-0.4, -0.2) is 41.3 Å². The van der Waals surface area contributed by atoms with Crippen molar-refractivity contribution in [3.63, 3.8) is 0 Å². The molecule has 0 saturated carbocycles. The fraction of sp³-hybridized carbons (Fsp3) is 0.348. The Morgan fingerprint density at radius 2 is 1.65 bits per heavy atom. The van der Waals surface area contributed by atoms with Crippen LogP contribution in [0.3, 0.4) is 0 Å². The van der Waals surface area contributed by atoms with Crippen molar-refractivity contribution in [3.8, 4) is 22.5 Å². The summed E-state index contributed by atoms with van der Waals surface area (Å²) in [6, 6.07) is 12.3. The minimum atomic E-state index is -4.61. The van der Waals surface area contributed by atoms with E-state index < -0.39 is 18.0 Å². The predicted octanol–water partition coefficient (Wildman–Crippen LogP) is 5.33. The summed E-state index contributed by atoms with van der Waals surface area (Å²) in [7, 11) is 0. The molecule has 0 spiro atoms. The van der Waals surface area contributed by atoms with Crippen molar-refractivity contribution in [2.75, 3.05) is 0 Å². The van der Waals surface area contributed by atoms with E-state index in [0.29, 0.717) is 47.3 Å². The summed E-state index contributed by atoms with van der Waals surface area (Å²) >= 11 is 0. The molecule has 2 N–H and O–H groups in total. The second-order valence-electron chi connectivity index (χ2n) is 7.95. The zero-order chi connectivity index (χ0) is 24.1. The number of tetrazole rings is 1. The molecule has 2 aromatic heterocycles. The third-order valence-corrected chi connectivity index (χ3v) is 5.61. The molecule has 0 aliphatic carbocycles. The van der Waals surface area contributed by atoms with Gasteiger partial charge in [-0.05, 0) is 29.7 Å². The highest BCUT2D eigenvalue weighted by Gasteiger charge is 2.38. The van der Waals surface area contributed by atoms with Gasteiger partial charge in [-0.3, -0.25) is 4.79 Å². The van der Waals surface area contributed by atoms with Gasteiger partial charge >= 0.3 is 12.1 Å². The highest BCUT2D eigenvalue weighted by atomic mass is 19.4. The first-order valence-electron chi connectivity index (χ1n) is 11.0. The number of aryl methyl sites for hydroxylation is 1. The Balaban J connectivity index is 1.65. The fourth-order valence-electron chi connectivity index (χ4n) is 4.07. The van der Waals surface area contributed by atoms with E-state index >= 15 is 0 Å². The molecule has 0 radical (unpaired) electrons. The first-order valence-corrected chi connectivity index (χ1v) is 11.0. The molecule has 0 saturated heterocycles. The number of carbonyl (C=O) groups is 1. The number of halogens is 3. The van der Waals surface area contributed by atoms with Crippen molar-refractivity contribution in [2.45, 2.75) is 51.2 Å². The smallest absolute Gasteiger partial charge is 0.449 e. The monoisotopic (exact) mass is 472 g/mol. The van der Waals surface area contributed by atoms with E-state index in [0.717, 1.165) is 12.8 Å². The summed E-state index contributed by atoms with van der Waals surface area (Å²) in [5.74, 6) is -1.43. The summed E-state index contributed by atoms with van der Waals surface area (Å²) < 4.78 is 42.9. The van der Waals surface area contributed by atoms with E-state index in [4.69, 9.17) is 5.11 Å². The maximum atomic E-state index is 13.9. The first kappa shape index (κ1) is 23.4. The Hall–Kier alpha value is -3.76. The second kappa shape index (κ2) is 10.0. The topological polar surface area (TPSA) is 110 Å². The molecular weight excluding hydrogens is 449 g/mol. The molecule has 178 valence electrons. The Bertz CT molecular complexity index is 1270. The number of imidazole rings is 1. The van der Waals surface area contributed by atoms with Crippen LogP contribution >= 0.6 is 0 Å². The van der Waals surface area contributed by atoms with Crippen molar-refractivity contribution in [3.05, 3.63) is 48.3 Å². The second-order valence-corrected chi connectivity index (χ2v) is 7.95. The average Bonchev–Trinajstić information content (AvgIpc) is 3.46. The van der Waals surface area contributed by atoms with Crippen molar-refractivity contribution in [1.82, 2.24) is 30.2 Å². The Kier molecular flexibility index (Phi) is 6.90. The van der Waals surface area contributed by atoms with Crippen molar-refractivity contribution < 1.29 is 23.1 Å². The lowest BCUT2D eigenvalue weighted by molar-refractivity contribution is -0.147. The summed E-state index contributed by atoms with van der Waals surface area (Å²) in [6.07, 6.45) is -1.18. The lowest BCUT2D eigenvalue weighted by atomic mass is 9.98. The molecule has 8 nitrogen and oxygen atoms in total. The zero-order valence-electron chi connectivity index (χ0n) is 18.2. The fourth-order valence-corrected chi connectivity index (χ4v) is 4.07. The average molecular weight is 472 g/mol. The van der Waals surface area contributed by atoms with Gasteiger partial charge in [-0.25, -0.2) is 4.98 Å². The number of benzene rings is 2. The van der Waals surface area contributed by atoms with Crippen LogP contribution in [0.15, 0.2) is 42.5 Å². The first-order chi connectivity index (χ1) is 16.4. The number of alkyl halides is 3. The largest absolute Gasteiger partial charge is 0.481 e. The van der Waals surface area contributed by atoms with E-state index in [9.17, 15) is 18.0 Å². The highest BCUT2D eigenvalue weighted by Crippen LogP contribution is 2.38. The number of H-pyrrole nitrogens is 1. The van der Waals surface area contributed by atoms with Gasteiger partial charge in [0, 0.05) is 24.1 Å². The maximum absolute atomic E-state index is 13.9. The molecule has 4 rings (SSSR count). The molecule has 0 atom stereocenters. The van der Waals surface area contributed by atoms with Gasteiger partial charge in [0.1, 0.15) is 0 Å². The number of hydrogen-bond acceptors (Lipinski definition) is 5. The van der Waals surface area contributed by atoms with E-state index in [2.05, 4.69) is 25.6 Å². The number of unbranched alkanes of at least 4 members (excludes halogenated alkanes) is 4. The predicted molar refractivity (Wildman–Crippen MR) is 119 cm³/mol. The molecule has 11 heteroatoms. The van der Waals surface area contributed by atoms with Crippen molar-refractivity contribution in [2.24, 2.45) is 0 Å². The van der Waals surface area contributed by atoms with Gasteiger partial charge in [0.2, 0.25) is 11.6 Å². The molecule has 34 heavy (non-hydrogen) atoms. The number of para-hydroxylation sites is 1. The van der Waals surface area contributed by atoms with Crippen LogP contribution in [0.1, 0.15) is 44.3 Å². The number of aliphatic carboxylic acids is 1. The number of nitrogens with zero attached hydrogens (tertiary/aromatic N) is 5. The Morgan fingerprint density at radius 1 is 0.941 bits per heavy atom. The standard InChI is InChI=1S/C23H23F3N6O2/c24-23(25,26)22-27-20-16(15-9-5-6-10-17(15)21-28-30-31-29-21)11-8-12-18(20)32(22)14-7-3-1-2-4-13-19(33)34/h5-6,8-12H,1-4,7,13-14H2,(H,33,34)(H,28,29,30,31). The van der Waals surface area contributed by atoms with Gasteiger partial charge < -0.3 is 9.67 Å². The zero-order valence-corrected chi connectivity index (χ0v) is 18.2. The van der Waals surface area contributed by atoms with Crippen molar-refractivity contribution in [1.29, 1.82) is 0 Å². The van der Waals surface area contributed by atoms with E-state index in [1.165, 1.54) is 4.57 Å². The summed E-state index contributed by atoms with van der Waals surface area (Å²) in [5.41, 5.74) is 2.50. The number of nitrogens with one attached hydrogen (secondary N) is 1. The van der Waals surface area contributed by atoms with E-state index in [1.807, 2.05) is 0 Å². The number of aromatic amines is 1. The van der Waals surface area contributed by atoms with Gasteiger partial charge in [0.05, 0.1) is 11.0 Å². The number of aromatic nitrogens is 6. The maximum Gasteiger partial charge on any atom is 0.449 e. The minimum absolute atomic E-state index is 0.110. The van der Waals surface area contributed by atoms with Crippen LogP contribution in [-0.2, 0) is 17.5 Å². The SMILES string of the molecule is O=C(O)CCCCCCCn1c(C(F)(F)F)nc2c(-c3ccccc3-c3nn[nH]n3)cccc21. The quantitative estimate of drug-likeness (QED) is 0.302. The van der Waals surface area contributed by atoms with Crippen molar-refractivity contribution >= 4 is 17.0 Å². The summed E-state index contributed by atoms with van der Waals surface area (Å²) in [6.45, 7) is 0.167. The van der Waals surface area contributed by atoms with Crippen LogP contribution < -0.4 is 0 Å². The molecule has 0 amide bonds. The Labute approximate surface area is 192 Å². The van der Waals surface area contributed by atoms with Crippen LogP contribution in [0.4, 0.5) is 13.2 Å². The number of fused-ring (bicyclic) bond motifs is 1. The van der Waals surface area contributed by atoms with Gasteiger partial charge in [0.15, 0.2) is 0 Å². The van der Waals surface area contributed by atoms with Gasteiger partial charge in [-0.1, -0.05) is 55.7 Å². The normalized spacial score (nSPS) is 11.9. The molecule has 2 aromatic carbocycles. The van der Waals surface area contributed by atoms with E-state index in [-0.39, 0.29) is 18.5 Å². The van der Waals surface area contributed by atoms with Gasteiger partial charge in [0.25, 0.3) is 0 Å². The van der Waals surface area contributed by atoms with Crippen LogP contribution in [0.25, 0.3) is 33.5 Å². The molecule has 2 heterocycles. The van der Waals surface area contributed by atoms with Crippen LogP contribution in [0.2, 0.25) is 0 Å². The number of carboxylic acid groups (broad SMARTS) is 1.